The van der Waals surface area contributed by atoms with Crippen LogP contribution in [0.5, 0.6) is 0 Å². The molecule has 0 aliphatic heterocycles. The molecule has 0 bridgehead atoms. The van der Waals surface area contributed by atoms with Gasteiger partial charge in [0.2, 0.25) is 0 Å². The van der Waals surface area contributed by atoms with E-state index in [4.69, 9.17) is 14.2 Å². The van der Waals surface area contributed by atoms with Crippen molar-refractivity contribution < 1.29 is 23.8 Å². The van der Waals surface area contributed by atoms with E-state index in [1.165, 1.54) is 0 Å². The summed E-state index contributed by atoms with van der Waals surface area (Å²) in [6.07, 6.45) is 1.46. The van der Waals surface area contributed by atoms with Crippen molar-refractivity contribution in [2.45, 2.75) is 54.4 Å². The van der Waals surface area contributed by atoms with Gasteiger partial charge in [0.25, 0.3) is 0 Å². The minimum absolute atomic E-state index is 0.218. The van der Waals surface area contributed by atoms with Crippen molar-refractivity contribution in [2.24, 2.45) is 10.8 Å². The summed E-state index contributed by atoms with van der Waals surface area (Å²) >= 11 is 0. The van der Waals surface area contributed by atoms with E-state index < -0.39 is 10.8 Å². The highest BCUT2D eigenvalue weighted by Crippen LogP contribution is 2.21. The Morgan fingerprint density at radius 3 is 1.33 bits per heavy atom. The van der Waals surface area contributed by atoms with Crippen LogP contribution < -0.4 is 0 Å². The molecule has 0 spiro atoms. The van der Waals surface area contributed by atoms with Gasteiger partial charge < -0.3 is 14.2 Å². The third-order valence-electron chi connectivity index (χ3n) is 3.79. The predicted molar refractivity (Wildman–Crippen MR) is 80.9 cm³/mol. The van der Waals surface area contributed by atoms with Crippen molar-refractivity contribution in [1.29, 1.82) is 0 Å². The smallest absolute Gasteiger partial charge is 0.311 e. The van der Waals surface area contributed by atoms with Gasteiger partial charge in [-0.3, -0.25) is 9.59 Å². The Kier molecular flexibility index (Phi) is 8.55. The molecule has 0 aromatic heterocycles. The second kappa shape index (κ2) is 9.03. The molecule has 0 rings (SSSR count). The molecule has 0 heterocycles. The Hall–Kier alpha value is -1.10. The van der Waals surface area contributed by atoms with E-state index in [-0.39, 0.29) is 25.2 Å². The molecule has 0 unspecified atom stereocenters. The van der Waals surface area contributed by atoms with Crippen LogP contribution in [0, 0.1) is 10.8 Å². The molecule has 0 aliphatic carbocycles. The molecule has 0 aromatic carbocycles. The summed E-state index contributed by atoms with van der Waals surface area (Å²) < 4.78 is 15.5. The van der Waals surface area contributed by atoms with Crippen molar-refractivity contribution in [3.8, 4) is 0 Å². The van der Waals surface area contributed by atoms with Crippen molar-refractivity contribution in [3.05, 3.63) is 0 Å². The molecule has 0 N–H and O–H groups in total. The highest BCUT2D eigenvalue weighted by Gasteiger charge is 2.27. The molecular formula is C16H30O5. The normalized spacial score (nSPS) is 12.1. The largest absolute Gasteiger partial charge is 0.463 e. The molecular weight excluding hydrogens is 272 g/mol. The third kappa shape index (κ3) is 7.46. The Morgan fingerprint density at radius 1 is 0.714 bits per heavy atom. The summed E-state index contributed by atoms with van der Waals surface area (Å²) in [6, 6.07) is 0. The topological polar surface area (TPSA) is 61.8 Å². The zero-order valence-corrected chi connectivity index (χ0v) is 14.3. The minimum atomic E-state index is -0.457. The number of hydrogen-bond donors (Lipinski definition) is 0. The molecule has 0 radical (unpaired) electrons. The van der Waals surface area contributed by atoms with E-state index in [1.54, 1.807) is 0 Å². The number of carbonyl (C=O) groups excluding carboxylic acids is 2. The molecule has 0 saturated heterocycles. The lowest BCUT2D eigenvalue weighted by atomic mass is 9.91. The highest BCUT2D eigenvalue weighted by atomic mass is 16.6. The maximum Gasteiger partial charge on any atom is 0.311 e. The molecule has 0 atom stereocenters. The molecule has 5 nitrogen and oxygen atoms in total. The van der Waals surface area contributed by atoms with Gasteiger partial charge in [-0.15, -0.1) is 0 Å². The molecule has 0 amide bonds. The van der Waals surface area contributed by atoms with Gasteiger partial charge >= 0.3 is 11.9 Å². The SMILES string of the molecule is CCC(C)(C)C(=O)OCCOCCOC(=O)C(C)(C)CC. The first-order chi connectivity index (χ1) is 9.67. The Morgan fingerprint density at radius 2 is 1.05 bits per heavy atom. The predicted octanol–water partition coefficient (Wildman–Crippen LogP) is 2.96. The molecule has 5 heteroatoms. The molecule has 0 saturated carbocycles. The van der Waals surface area contributed by atoms with Gasteiger partial charge in [0.05, 0.1) is 24.0 Å². The lowest BCUT2D eigenvalue weighted by Crippen LogP contribution is -2.28. The van der Waals surface area contributed by atoms with Crippen LogP contribution in [-0.4, -0.2) is 38.4 Å². The van der Waals surface area contributed by atoms with Crippen LogP contribution in [0.25, 0.3) is 0 Å². The fourth-order valence-electron chi connectivity index (χ4n) is 1.17. The van der Waals surface area contributed by atoms with Gasteiger partial charge in [-0.2, -0.15) is 0 Å². The Bertz CT molecular complexity index is 302. The summed E-state index contributed by atoms with van der Waals surface area (Å²) in [7, 11) is 0. The van der Waals surface area contributed by atoms with E-state index >= 15 is 0 Å². The number of rotatable bonds is 10. The third-order valence-corrected chi connectivity index (χ3v) is 3.79. The quantitative estimate of drug-likeness (QED) is 0.458. The van der Waals surface area contributed by atoms with Crippen molar-refractivity contribution in [3.63, 3.8) is 0 Å². The summed E-state index contributed by atoms with van der Waals surface area (Å²) in [6.45, 7) is 12.4. The first-order valence-corrected chi connectivity index (χ1v) is 7.59. The molecule has 0 aromatic rings. The Balaban J connectivity index is 3.67. The van der Waals surface area contributed by atoms with Crippen LogP contribution >= 0.6 is 0 Å². The molecule has 0 fully saturated rings. The zero-order chi connectivity index (χ0) is 16.5. The number of esters is 2. The van der Waals surface area contributed by atoms with Crippen molar-refractivity contribution in [1.82, 2.24) is 0 Å². The van der Waals surface area contributed by atoms with Crippen molar-refractivity contribution >= 4 is 11.9 Å². The van der Waals surface area contributed by atoms with Crippen LogP contribution in [0.2, 0.25) is 0 Å². The number of hydrogen-bond acceptors (Lipinski definition) is 5. The highest BCUT2D eigenvalue weighted by molar-refractivity contribution is 5.76. The van der Waals surface area contributed by atoms with E-state index in [9.17, 15) is 9.59 Å². The van der Waals surface area contributed by atoms with Gasteiger partial charge in [0.15, 0.2) is 0 Å². The summed E-state index contributed by atoms with van der Waals surface area (Å²) in [4.78, 5) is 23.3. The fourth-order valence-corrected chi connectivity index (χ4v) is 1.17. The average molecular weight is 302 g/mol. The van der Waals surface area contributed by atoms with E-state index in [2.05, 4.69) is 0 Å². The van der Waals surface area contributed by atoms with E-state index in [0.29, 0.717) is 13.2 Å². The summed E-state index contributed by atoms with van der Waals surface area (Å²) in [5.41, 5.74) is -0.914. The second-order valence-corrected chi connectivity index (χ2v) is 6.36. The van der Waals surface area contributed by atoms with E-state index in [1.807, 2.05) is 41.5 Å². The van der Waals surface area contributed by atoms with Gasteiger partial charge in [-0.1, -0.05) is 13.8 Å². The molecule has 21 heavy (non-hydrogen) atoms. The van der Waals surface area contributed by atoms with Gasteiger partial charge in [0, 0.05) is 0 Å². The minimum Gasteiger partial charge on any atom is -0.463 e. The summed E-state index contributed by atoms with van der Waals surface area (Å²) in [5.74, 6) is -0.436. The first-order valence-electron chi connectivity index (χ1n) is 7.59. The van der Waals surface area contributed by atoms with Gasteiger partial charge in [0.1, 0.15) is 13.2 Å². The van der Waals surface area contributed by atoms with Crippen LogP contribution in [0.4, 0.5) is 0 Å². The summed E-state index contributed by atoms with van der Waals surface area (Å²) in [5, 5.41) is 0. The first kappa shape index (κ1) is 19.9. The van der Waals surface area contributed by atoms with E-state index in [0.717, 1.165) is 12.8 Å². The molecule has 124 valence electrons. The Labute approximate surface area is 128 Å². The van der Waals surface area contributed by atoms with Crippen LogP contribution in [0.1, 0.15) is 54.4 Å². The lowest BCUT2D eigenvalue weighted by Gasteiger charge is -2.21. The van der Waals surface area contributed by atoms with Crippen LogP contribution in [-0.2, 0) is 23.8 Å². The maximum atomic E-state index is 11.7. The van der Waals surface area contributed by atoms with Crippen LogP contribution in [0.15, 0.2) is 0 Å². The fraction of sp³-hybridized carbons (Fsp3) is 0.875. The number of carbonyl (C=O) groups is 2. The average Bonchev–Trinajstić information content (AvgIpc) is 2.45. The zero-order valence-electron chi connectivity index (χ0n) is 14.3. The maximum absolute atomic E-state index is 11.7. The molecule has 0 aliphatic rings. The van der Waals surface area contributed by atoms with Gasteiger partial charge in [-0.05, 0) is 40.5 Å². The van der Waals surface area contributed by atoms with Crippen LogP contribution in [0.3, 0.4) is 0 Å². The lowest BCUT2D eigenvalue weighted by molar-refractivity contribution is -0.157. The number of ether oxygens (including phenoxy) is 3. The monoisotopic (exact) mass is 302 g/mol. The standard InChI is InChI=1S/C16H30O5/c1-7-15(3,4)13(17)20-11-9-19-10-12-21-14(18)16(5,6)8-2/h7-12H2,1-6H3. The van der Waals surface area contributed by atoms with Crippen molar-refractivity contribution in [2.75, 3.05) is 26.4 Å². The second-order valence-electron chi connectivity index (χ2n) is 6.36. The van der Waals surface area contributed by atoms with Gasteiger partial charge in [-0.25, -0.2) is 0 Å².